The summed E-state index contributed by atoms with van der Waals surface area (Å²) in [6.07, 6.45) is 1.49. The molecule has 0 N–H and O–H groups in total. The van der Waals surface area contributed by atoms with Crippen molar-refractivity contribution in [1.29, 1.82) is 0 Å². The third-order valence-electron chi connectivity index (χ3n) is 2.74. The monoisotopic (exact) mass is 282 g/mol. The van der Waals surface area contributed by atoms with Crippen molar-refractivity contribution in [3.05, 3.63) is 51.3 Å². The number of benzene rings is 1. The average molecular weight is 283 g/mol. The average Bonchev–Trinajstić information content (AvgIpc) is 2.69. The van der Waals surface area contributed by atoms with E-state index in [-0.39, 0.29) is 5.78 Å². The molecule has 0 saturated carbocycles. The maximum atomic E-state index is 12.5. The fraction of sp³-hybridized carbons (Fsp3) is 0.231. The zero-order valence-corrected chi connectivity index (χ0v) is 11.6. The molecule has 0 unspecified atom stereocenters. The zero-order valence-electron chi connectivity index (χ0n) is 10.1. The van der Waals surface area contributed by atoms with E-state index in [1.54, 1.807) is 22.9 Å². The van der Waals surface area contributed by atoms with E-state index in [4.69, 9.17) is 23.2 Å². The van der Waals surface area contributed by atoms with Crippen LogP contribution in [0.4, 0.5) is 0 Å². The smallest absolute Gasteiger partial charge is 0.212 e. The Bertz CT molecular complexity index is 605. The lowest BCUT2D eigenvalue weighted by Gasteiger charge is -2.07. The molecule has 18 heavy (non-hydrogen) atoms. The summed E-state index contributed by atoms with van der Waals surface area (Å²) in [5.74, 6) is -0.131. The molecule has 1 heterocycles. The second-order valence-electron chi connectivity index (χ2n) is 3.95. The minimum Gasteiger partial charge on any atom is -0.287 e. The van der Waals surface area contributed by atoms with E-state index in [1.807, 2.05) is 13.8 Å². The van der Waals surface area contributed by atoms with Crippen molar-refractivity contribution in [3.8, 4) is 0 Å². The minimum absolute atomic E-state index is 0.131. The largest absolute Gasteiger partial charge is 0.287 e. The first-order valence-electron chi connectivity index (χ1n) is 5.56. The first-order chi connectivity index (χ1) is 8.54. The second kappa shape index (κ2) is 5.12. The van der Waals surface area contributed by atoms with Crippen LogP contribution in [0.15, 0.2) is 24.4 Å². The van der Waals surface area contributed by atoms with Gasteiger partial charge in [0.05, 0.1) is 11.2 Å². The number of ketones is 1. The molecule has 0 saturated heterocycles. The molecule has 1 aromatic heterocycles. The van der Waals surface area contributed by atoms with E-state index in [2.05, 4.69) is 5.10 Å². The van der Waals surface area contributed by atoms with Gasteiger partial charge in [0.15, 0.2) is 0 Å². The van der Waals surface area contributed by atoms with Gasteiger partial charge in [-0.15, -0.1) is 0 Å². The van der Waals surface area contributed by atoms with Crippen molar-refractivity contribution < 1.29 is 4.79 Å². The lowest BCUT2D eigenvalue weighted by molar-refractivity contribution is 0.102. The highest BCUT2D eigenvalue weighted by Gasteiger charge is 2.20. The van der Waals surface area contributed by atoms with Crippen molar-refractivity contribution in [1.82, 2.24) is 9.78 Å². The molecule has 0 aliphatic heterocycles. The van der Waals surface area contributed by atoms with Crippen LogP contribution in [0, 0.1) is 6.92 Å². The van der Waals surface area contributed by atoms with Crippen molar-refractivity contribution in [2.75, 3.05) is 0 Å². The molecule has 0 atom stereocenters. The maximum Gasteiger partial charge on any atom is 0.212 e. The number of nitrogens with zero attached hydrogens (tertiary/aromatic N) is 2. The Kier molecular flexibility index (Phi) is 3.73. The molecule has 0 radical (unpaired) electrons. The zero-order chi connectivity index (χ0) is 13.3. The summed E-state index contributed by atoms with van der Waals surface area (Å²) in [7, 11) is 0. The number of carbonyl (C=O) groups excluding carboxylic acids is 1. The Morgan fingerprint density at radius 2 is 2.11 bits per heavy atom. The molecule has 3 nitrogen and oxygen atoms in total. The van der Waals surface area contributed by atoms with Gasteiger partial charge in [0.25, 0.3) is 0 Å². The van der Waals surface area contributed by atoms with Crippen LogP contribution >= 0.6 is 23.2 Å². The van der Waals surface area contributed by atoms with Crippen LogP contribution < -0.4 is 0 Å². The lowest BCUT2D eigenvalue weighted by Crippen LogP contribution is -2.12. The summed E-state index contributed by atoms with van der Waals surface area (Å²) in [6, 6.07) is 5.17. The van der Waals surface area contributed by atoms with E-state index < -0.39 is 0 Å². The molecule has 5 heteroatoms. The summed E-state index contributed by atoms with van der Waals surface area (Å²) in [6.45, 7) is 4.36. The quantitative estimate of drug-likeness (QED) is 0.804. The van der Waals surface area contributed by atoms with Gasteiger partial charge in [-0.25, -0.2) is 0 Å². The van der Waals surface area contributed by atoms with Crippen molar-refractivity contribution in [2.45, 2.75) is 20.4 Å². The molecule has 0 bridgehead atoms. The molecule has 0 amide bonds. The van der Waals surface area contributed by atoms with Gasteiger partial charge in [0, 0.05) is 17.1 Å². The molecule has 0 aliphatic carbocycles. The number of rotatable bonds is 3. The molecule has 94 valence electrons. The van der Waals surface area contributed by atoms with Crippen LogP contribution in [-0.4, -0.2) is 15.6 Å². The first kappa shape index (κ1) is 13.1. The van der Waals surface area contributed by atoms with Gasteiger partial charge in [-0.1, -0.05) is 23.2 Å². The highest BCUT2D eigenvalue weighted by atomic mass is 35.5. The summed E-state index contributed by atoms with van der Waals surface area (Å²) in [4.78, 5) is 12.5. The van der Waals surface area contributed by atoms with E-state index >= 15 is 0 Å². The Hall–Kier alpha value is -1.32. The third kappa shape index (κ3) is 2.28. The topological polar surface area (TPSA) is 34.9 Å². The van der Waals surface area contributed by atoms with Crippen LogP contribution in [0.3, 0.4) is 0 Å². The lowest BCUT2D eigenvalue weighted by atomic mass is 10.0. The molecule has 0 fully saturated rings. The molecule has 0 aliphatic rings. The molecular weight excluding hydrogens is 271 g/mol. The highest BCUT2D eigenvalue weighted by molar-refractivity contribution is 6.34. The number of aryl methyl sites for hydroxylation is 2. The Morgan fingerprint density at radius 1 is 1.39 bits per heavy atom. The van der Waals surface area contributed by atoms with E-state index in [0.29, 0.717) is 27.8 Å². The summed E-state index contributed by atoms with van der Waals surface area (Å²) < 4.78 is 1.60. The Labute approximate surface area is 115 Å². The predicted molar refractivity (Wildman–Crippen MR) is 72.5 cm³/mol. The Morgan fingerprint density at radius 3 is 2.72 bits per heavy atom. The fourth-order valence-electron chi connectivity index (χ4n) is 1.84. The van der Waals surface area contributed by atoms with E-state index in [1.165, 1.54) is 6.20 Å². The van der Waals surface area contributed by atoms with Crippen LogP contribution in [-0.2, 0) is 6.54 Å². The number of carbonyl (C=O) groups is 1. The van der Waals surface area contributed by atoms with Crippen molar-refractivity contribution >= 4 is 29.0 Å². The van der Waals surface area contributed by atoms with Gasteiger partial charge in [0.1, 0.15) is 5.69 Å². The summed E-state index contributed by atoms with van der Waals surface area (Å²) >= 11 is 11.9. The highest BCUT2D eigenvalue weighted by Crippen LogP contribution is 2.22. The number of aromatic nitrogens is 2. The van der Waals surface area contributed by atoms with Gasteiger partial charge >= 0.3 is 0 Å². The molecular formula is C13H12Cl2N2O. The van der Waals surface area contributed by atoms with Crippen LogP contribution in [0.1, 0.15) is 28.5 Å². The van der Waals surface area contributed by atoms with E-state index in [9.17, 15) is 4.79 Å². The van der Waals surface area contributed by atoms with Crippen LogP contribution in [0.5, 0.6) is 0 Å². The summed E-state index contributed by atoms with van der Waals surface area (Å²) in [5, 5.41) is 5.05. The standard InChI is InChI=1S/C13H12Cl2N2O/c1-3-17-12(11(15)7-16-17)13(18)10-5-4-9(14)6-8(10)2/h4-7H,3H2,1-2H3. The molecule has 2 aromatic rings. The predicted octanol–water partition coefficient (Wildman–Crippen LogP) is 3.75. The van der Waals surface area contributed by atoms with Crippen LogP contribution in [0.2, 0.25) is 10.0 Å². The normalized spacial score (nSPS) is 10.7. The van der Waals surface area contributed by atoms with Crippen LogP contribution in [0.25, 0.3) is 0 Å². The first-order valence-corrected chi connectivity index (χ1v) is 6.32. The summed E-state index contributed by atoms with van der Waals surface area (Å²) in [5.41, 5.74) is 1.84. The third-order valence-corrected chi connectivity index (χ3v) is 3.25. The second-order valence-corrected chi connectivity index (χ2v) is 4.79. The van der Waals surface area contributed by atoms with Gasteiger partial charge < -0.3 is 0 Å². The maximum absolute atomic E-state index is 12.5. The number of halogens is 2. The van der Waals surface area contributed by atoms with E-state index in [0.717, 1.165) is 5.56 Å². The molecule has 0 spiro atoms. The molecule has 2 rings (SSSR count). The molecule has 1 aromatic carbocycles. The van der Waals surface area contributed by atoms with Crippen molar-refractivity contribution in [3.63, 3.8) is 0 Å². The van der Waals surface area contributed by atoms with Gasteiger partial charge in [-0.2, -0.15) is 5.10 Å². The minimum atomic E-state index is -0.131. The fourth-order valence-corrected chi connectivity index (χ4v) is 2.29. The SMILES string of the molecule is CCn1ncc(Cl)c1C(=O)c1ccc(Cl)cc1C. The van der Waals surface area contributed by atoms with Gasteiger partial charge in [0.2, 0.25) is 5.78 Å². The van der Waals surface area contributed by atoms with Gasteiger partial charge in [-0.3, -0.25) is 9.48 Å². The number of hydrogen-bond acceptors (Lipinski definition) is 2. The Balaban J connectivity index is 2.51. The van der Waals surface area contributed by atoms with Gasteiger partial charge in [-0.05, 0) is 37.6 Å². The number of hydrogen-bond donors (Lipinski definition) is 0. The van der Waals surface area contributed by atoms with Crippen molar-refractivity contribution in [2.24, 2.45) is 0 Å².